The average molecular weight is 245 g/mol. The van der Waals surface area contributed by atoms with E-state index < -0.39 is 43.1 Å². The zero-order valence-corrected chi connectivity index (χ0v) is 9.12. The molecule has 4 N–H and O–H groups in total. The van der Waals surface area contributed by atoms with Crippen molar-refractivity contribution < 1.29 is 24.2 Å². The molecule has 0 saturated carbocycles. The van der Waals surface area contributed by atoms with Gasteiger partial charge >= 0.3 is 11.9 Å². The van der Waals surface area contributed by atoms with Gasteiger partial charge in [0, 0.05) is 0 Å². The van der Waals surface area contributed by atoms with E-state index >= 15 is 0 Å². The summed E-state index contributed by atoms with van der Waals surface area (Å²) in [7, 11) is 0. The second-order valence-corrected chi connectivity index (χ2v) is 3.17. The number of ether oxygens (including phenoxy) is 1. The second kappa shape index (κ2) is 7.28. The Labute approximate surface area is 96.8 Å². The lowest BCUT2D eigenvalue weighted by molar-refractivity contribution is -0.149. The molecule has 9 nitrogen and oxygen atoms in total. The highest BCUT2D eigenvalue weighted by Crippen LogP contribution is 1.90. The van der Waals surface area contributed by atoms with Crippen molar-refractivity contribution in [1.82, 2.24) is 5.32 Å². The molecule has 0 spiro atoms. The lowest BCUT2D eigenvalue weighted by atomic mass is 10.2. The molecule has 1 amide bonds. The predicted molar refractivity (Wildman–Crippen MR) is 54.8 cm³/mol. The molecular weight excluding hydrogens is 232 g/mol. The van der Waals surface area contributed by atoms with E-state index in [1.807, 2.05) is 0 Å². The van der Waals surface area contributed by atoms with Crippen LogP contribution >= 0.6 is 0 Å². The molecule has 0 aromatic rings. The zero-order chi connectivity index (χ0) is 13.4. The number of carbonyl (C=O) groups is 3. The van der Waals surface area contributed by atoms with Gasteiger partial charge in [0.05, 0.1) is 6.04 Å². The molecule has 0 saturated heterocycles. The second-order valence-electron chi connectivity index (χ2n) is 3.17. The van der Waals surface area contributed by atoms with Crippen LogP contribution in [0.4, 0.5) is 0 Å². The summed E-state index contributed by atoms with van der Waals surface area (Å²) in [6, 6.07) is -2.27. The maximum absolute atomic E-state index is 11.1. The molecule has 96 valence electrons. The molecule has 0 aromatic carbocycles. The predicted octanol–water partition coefficient (Wildman–Crippen LogP) is -1.53. The number of esters is 1. The van der Waals surface area contributed by atoms with Crippen molar-refractivity contribution in [3.05, 3.63) is 5.53 Å². The number of nitrogens with one attached hydrogen (secondary N) is 1. The summed E-state index contributed by atoms with van der Waals surface area (Å²) in [5, 5.41) is 13.3. The van der Waals surface area contributed by atoms with Crippen molar-refractivity contribution in [1.29, 1.82) is 0 Å². The molecule has 0 aliphatic carbocycles. The Bertz CT molecular complexity index is 317. The van der Waals surface area contributed by atoms with Gasteiger partial charge in [-0.25, -0.2) is 4.79 Å². The van der Waals surface area contributed by atoms with E-state index in [9.17, 15) is 14.4 Å². The molecule has 2 unspecified atom stereocenters. The minimum absolute atomic E-state index is 0.567. The number of nitrogens with two attached hydrogens (primary N) is 1. The van der Waals surface area contributed by atoms with Gasteiger partial charge in [-0.05, 0) is 6.92 Å². The van der Waals surface area contributed by atoms with Crippen LogP contribution in [-0.4, -0.2) is 48.2 Å². The summed E-state index contributed by atoms with van der Waals surface area (Å²) >= 11 is 0. The Morgan fingerprint density at radius 1 is 1.53 bits per heavy atom. The first-order chi connectivity index (χ1) is 7.88. The fourth-order valence-electron chi connectivity index (χ4n) is 0.758. The van der Waals surface area contributed by atoms with E-state index in [1.54, 1.807) is 0 Å². The van der Waals surface area contributed by atoms with Gasteiger partial charge in [-0.15, -0.1) is 0 Å². The SMILES string of the molecule is CC(N)C(=O)NC(COC(=O)CN=[N-])C(=O)O. The van der Waals surface area contributed by atoms with Gasteiger partial charge in [0.25, 0.3) is 0 Å². The van der Waals surface area contributed by atoms with Crippen LogP contribution in [0.2, 0.25) is 0 Å². The fraction of sp³-hybridized carbons (Fsp3) is 0.625. The third-order valence-electron chi connectivity index (χ3n) is 1.64. The number of carbonyl (C=O) groups excluding carboxylic acids is 2. The van der Waals surface area contributed by atoms with Crippen molar-refractivity contribution in [2.75, 3.05) is 13.2 Å². The highest BCUT2D eigenvalue weighted by Gasteiger charge is 2.22. The van der Waals surface area contributed by atoms with Crippen molar-refractivity contribution in [2.24, 2.45) is 10.8 Å². The van der Waals surface area contributed by atoms with Crippen LogP contribution in [0, 0.1) is 0 Å². The summed E-state index contributed by atoms with van der Waals surface area (Å²) in [6.07, 6.45) is 0. The van der Waals surface area contributed by atoms with Gasteiger partial charge in [-0.1, -0.05) is 0 Å². The van der Waals surface area contributed by atoms with Crippen molar-refractivity contribution in [2.45, 2.75) is 19.0 Å². The van der Waals surface area contributed by atoms with Crippen LogP contribution in [0.5, 0.6) is 0 Å². The summed E-state index contributed by atoms with van der Waals surface area (Å²) in [6.45, 7) is 0.209. The van der Waals surface area contributed by atoms with Crippen LogP contribution < -0.4 is 11.1 Å². The first-order valence-corrected chi connectivity index (χ1v) is 4.63. The Morgan fingerprint density at radius 3 is 2.53 bits per heavy atom. The van der Waals surface area contributed by atoms with Gasteiger partial charge in [0.15, 0.2) is 6.04 Å². The maximum Gasteiger partial charge on any atom is 0.329 e. The molecule has 0 rings (SSSR count). The molecule has 0 aliphatic heterocycles. The summed E-state index contributed by atoms with van der Waals surface area (Å²) < 4.78 is 4.46. The van der Waals surface area contributed by atoms with E-state index in [2.05, 4.69) is 15.2 Å². The third kappa shape index (κ3) is 6.20. The molecule has 0 aromatic heterocycles. The Hall–Kier alpha value is -2.03. The molecule has 0 fully saturated rings. The fourth-order valence-corrected chi connectivity index (χ4v) is 0.758. The number of carboxylic acids is 1. The molecule has 0 radical (unpaired) electrons. The average Bonchev–Trinajstić information content (AvgIpc) is 2.23. The molecule has 0 heterocycles. The highest BCUT2D eigenvalue weighted by molar-refractivity contribution is 5.86. The smallest absolute Gasteiger partial charge is 0.329 e. The highest BCUT2D eigenvalue weighted by atomic mass is 16.5. The number of hydrogen-bond acceptors (Lipinski definition) is 6. The van der Waals surface area contributed by atoms with Gasteiger partial charge < -0.3 is 31.5 Å². The van der Waals surface area contributed by atoms with E-state index in [-0.39, 0.29) is 0 Å². The van der Waals surface area contributed by atoms with Gasteiger partial charge in [-0.2, -0.15) is 0 Å². The first-order valence-electron chi connectivity index (χ1n) is 4.63. The molecular formula is C8H13N4O5-. The number of amides is 1. The monoisotopic (exact) mass is 245 g/mol. The molecule has 9 heteroatoms. The quantitative estimate of drug-likeness (QED) is 0.365. The lowest BCUT2D eigenvalue weighted by Crippen LogP contribution is -2.49. The number of nitrogens with zero attached hydrogens (tertiary/aromatic N) is 2. The molecule has 0 aliphatic rings. The normalized spacial score (nSPS) is 13.3. The minimum atomic E-state index is -1.39. The summed E-state index contributed by atoms with van der Waals surface area (Å²) in [5.74, 6) is -2.96. The van der Waals surface area contributed by atoms with Crippen LogP contribution in [0.3, 0.4) is 0 Å². The number of hydrogen-bond donors (Lipinski definition) is 3. The number of rotatable bonds is 7. The molecule has 2 atom stereocenters. The Kier molecular flexibility index (Phi) is 6.41. The maximum atomic E-state index is 11.1. The molecule has 0 bridgehead atoms. The first kappa shape index (κ1) is 15.0. The molecule has 17 heavy (non-hydrogen) atoms. The number of carboxylic acid groups (broad SMARTS) is 1. The summed E-state index contributed by atoms with van der Waals surface area (Å²) in [4.78, 5) is 32.6. The van der Waals surface area contributed by atoms with Crippen molar-refractivity contribution in [3.8, 4) is 0 Å². The topological polar surface area (TPSA) is 153 Å². The Balaban J connectivity index is 4.26. The minimum Gasteiger partial charge on any atom is -0.711 e. The van der Waals surface area contributed by atoms with E-state index in [1.165, 1.54) is 6.92 Å². The van der Waals surface area contributed by atoms with E-state index in [0.29, 0.717) is 0 Å². The van der Waals surface area contributed by atoms with Crippen LogP contribution in [0.25, 0.3) is 5.53 Å². The van der Waals surface area contributed by atoms with Gasteiger partial charge in [0.1, 0.15) is 13.2 Å². The van der Waals surface area contributed by atoms with Crippen LogP contribution in [0.1, 0.15) is 6.92 Å². The van der Waals surface area contributed by atoms with Crippen LogP contribution in [0.15, 0.2) is 5.11 Å². The van der Waals surface area contributed by atoms with E-state index in [4.69, 9.17) is 16.4 Å². The van der Waals surface area contributed by atoms with Crippen LogP contribution in [-0.2, 0) is 19.1 Å². The van der Waals surface area contributed by atoms with E-state index in [0.717, 1.165) is 0 Å². The zero-order valence-electron chi connectivity index (χ0n) is 9.12. The third-order valence-corrected chi connectivity index (χ3v) is 1.64. The summed E-state index contributed by atoms with van der Waals surface area (Å²) in [5.41, 5.74) is 13.3. The Morgan fingerprint density at radius 2 is 2.12 bits per heavy atom. The lowest BCUT2D eigenvalue weighted by Gasteiger charge is -2.15. The van der Waals surface area contributed by atoms with Gasteiger partial charge in [0.2, 0.25) is 5.91 Å². The van der Waals surface area contributed by atoms with Gasteiger partial charge in [-0.3, -0.25) is 9.59 Å². The van der Waals surface area contributed by atoms with Crippen molar-refractivity contribution in [3.63, 3.8) is 0 Å². The largest absolute Gasteiger partial charge is 0.711 e. The number of aliphatic carboxylic acids is 1. The van der Waals surface area contributed by atoms with Crippen molar-refractivity contribution >= 4 is 17.8 Å². The standard InChI is InChI=1S/C8H13N4O5/c1-4(9)7(14)12-5(8(15)16)3-17-6(13)2-11-10/h4-5H,2-3,9H2,1H3,(H,12,14)(H,15,16)/q-1.